The molecule has 2 aromatic carbocycles. The number of phenols is 2. The molecule has 0 bridgehead atoms. The molecule has 3 rings (SSSR count). The van der Waals surface area contributed by atoms with E-state index in [2.05, 4.69) is 17.4 Å². The summed E-state index contributed by atoms with van der Waals surface area (Å²) in [4.78, 5) is 12.5. The summed E-state index contributed by atoms with van der Waals surface area (Å²) in [5, 5.41) is 22.7. The molecule has 0 spiro atoms. The molecule has 4 nitrogen and oxygen atoms in total. The Balaban J connectivity index is 0.00000208. The van der Waals surface area contributed by atoms with Crippen LogP contribution >= 0.6 is 17.0 Å². The minimum atomic E-state index is -0.206. The number of aryl methyl sites for hydroxylation is 1. The molecule has 1 atom stereocenters. The van der Waals surface area contributed by atoms with Gasteiger partial charge >= 0.3 is 0 Å². The monoisotopic (exact) mass is 391 g/mol. The standard InChI is InChI=1S/C19H21NO3.BrH/c21-17-11-9-14-15(19(17)23)8-10-16(18(14)22)20-12-4-7-13-5-2-1-3-6-13;/h1-3,5-6,9,11,16,20-21,23H,4,7-8,10,12H2;1H. The van der Waals surface area contributed by atoms with Crippen LogP contribution in [-0.2, 0) is 12.8 Å². The van der Waals surface area contributed by atoms with E-state index < -0.39 is 0 Å². The Labute approximate surface area is 152 Å². The number of halogens is 1. The number of ketones is 1. The van der Waals surface area contributed by atoms with Gasteiger partial charge in [0.15, 0.2) is 17.3 Å². The SMILES string of the molecule is Br.O=C1c2ccc(O)c(O)c2CCC1NCCCc1ccccc1. The van der Waals surface area contributed by atoms with Crippen molar-refractivity contribution < 1.29 is 15.0 Å². The molecule has 0 aromatic heterocycles. The van der Waals surface area contributed by atoms with Crippen molar-refractivity contribution in [3.05, 3.63) is 59.2 Å². The topological polar surface area (TPSA) is 69.6 Å². The highest BCUT2D eigenvalue weighted by Gasteiger charge is 2.29. The lowest BCUT2D eigenvalue weighted by molar-refractivity contribution is 0.0927. The van der Waals surface area contributed by atoms with E-state index >= 15 is 0 Å². The highest BCUT2D eigenvalue weighted by molar-refractivity contribution is 8.93. The van der Waals surface area contributed by atoms with Crippen molar-refractivity contribution in [1.29, 1.82) is 0 Å². The lowest BCUT2D eigenvalue weighted by Gasteiger charge is -2.25. The van der Waals surface area contributed by atoms with Crippen molar-refractivity contribution in [1.82, 2.24) is 5.32 Å². The number of carbonyl (C=O) groups excluding carboxylic acids is 1. The fraction of sp³-hybridized carbons (Fsp3) is 0.316. The number of phenolic OH excluding ortho intramolecular Hbond substituents is 2. The van der Waals surface area contributed by atoms with Crippen LogP contribution in [0.15, 0.2) is 42.5 Å². The lowest BCUT2D eigenvalue weighted by Crippen LogP contribution is -2.40. The number of hydrogen-bond donors (Lipinski definition) is 3. The molecule has 0 aliphatic heterocycles. The van der Waals surface area contributed by atoms with Crippen molar-refractivity contribution in [2.45, 2.75) is 31.7 Å². The molecule has 1 aliphatic carbocycles. The molecular formula is C19H22BrNO3. The molecular weight excluding hydrogens is 370 g/mol. The van der Waals surface area contributed by atoms with Crippen LogP contribution in [0.2, 0.25) is 0 Å². The fourth-order valence-corrected chi connectivity index (χ4v) is 3.12. The predicted octanol–water partition coefficient (Wildman–Crippen LogP) is 3.40. The van der Waals surface area contributed by atoms with Crippen LogP contribution < -0.4 is 5.32 Å². The second-order valence-corrected chi connectivity index (χ2v) is 5.96. The Morgan fingerprint density at radius 2 is 1.83 bits per heavy atom. The van der Waals surface area contributed by atoms with E-state index in [-0.39, 0.29) is 40.3 Å². The summed E-state index contributed by atoms with van der Waals surface area (Å²) in [5.41, 5.74) is 2.39. The number of carbonyl (C=O) groups is 1. The summed E-state index contributed by atoms with van der Waals surface area (Å²) in [6, 6.07) is 13.1. The van der Waals surface area contributed by atoms with Gasteiger partial charge in [0.05, 0.1) is 6.04 Å². The average molecular weight is 392 g/mol. The molecule has 3 N–H and O–H groups in total. The number of fused-ring (bicyclic) bond motifs is 1. The Hall–Kier alpha value is -1.85. The number of benzene rings is 2. The van der Waals surface area contributed by atoms with Gasteiger partial charge in [-0.1, -0.05) is 30.3 Å². The van der Waals surface area contributed by atoms with Gasteiger partial charge in [0, 0.05) is 11.1 Å². The molecule has 0 saturated heterocycles. The van der Waals surface area contributed by atoms with E-state index in [1.165, 1.54) is 11.6 Å². The van der Waals surface area contributed by atoms with Crippen molar-refractivity contribution in [2.75, 3.05) is 6.54 Å². The van der Waals surface area contributed by atoms with Gasteiger partial charge in [-0.2, -0.15) is 0 Å². The Morgan fingerprint density at radius 3 is 2.58 bits per heavy atom. The highest BCUT2D eigenvalue weighted by Crippen LogP contribution is 2.35. The molecule has 1 aliphatic rings. The molecule has 2 aromatic rings. The maximum Gasteiger partial charge on any atom is 0.180 e. The van der Waals surface area contributed by atoms with E-state index in [1.54, 1.807) is 6.07 Å². The molecule has 0 heterocycles. The molecule has 5 heteroatoms. The lowest BCUT2D eigenvalue weighted by atomic mass is 9.86. The minimum Gasteiger partial charge on any atom is -0.504 e. The fourth-order valence-electron chi connectivity index (χ4n) is 3.12. The van der Waals surface area contributed by atoms with E-state index in [4.69, 9.17) is 0 Å². The predicted molar refractivity (Wildman–Crippen MR) is 99.3 cm³/mol. The van der Waals surface area contributed by atoms with Crippen LogP contribution in [0.4, 0.5) is 0 Å². The number of aromatic hydroxyl groups is 2. The molecule has 0 amide bonds. The molecule has 1 unspecified atom stereocenters. The molecule has 0 radical (unpaired) electrons. The van der Waals surface area contributed by atoms with Gasteiger partial charge in [-0.15, -0.1) is 17.0 Å². The molecule has 24 heavy (non-hydrogen) atoms. The number of rotatable bonds is 5. The second-order valence-electron chi connectivity index (χ2n) is 5.96. The largest absolute Gasteiger partial charge is 0.504 e. The molecule has 128 valence electrons. The Bertz CT molecular complexity index is 703. The van der Waals surface area contributed by atoms with Crippen molar-refractivity contribution in [3.8, 4) is 11.5 Å². The van der Waals surface area contributed by atoms with Gasteiger partial charge in [0.2, 0.25) is 0 Å². The number of nitrogens with one attached hydrogen (secondary N) is 1. The summed E-state index contributed by atoms with van der Waals surface area (Å²) in [7, 11) is 0. The minimum absolute atomic E-state index is 0. The summed E-state index contributed by atoms with van der Waals surface area (Å²) in [6.45, 7) is 0.782. The Morgan fingerprint density at radius 1 is 1.08 bits per heavy atom. The zero-order chi connectivity index (χ0) is 16.2. The number of hydrogen-bond acceptors (Lipinski definition) is 4. The van der Waals surface area contributed by atoms with Gasteiger partial charge in [0.25, 0.3) is 0 Å². The third-order valence-electron chi connectivity index (χ3n) is 4.40. The third kappa shape index (κ3) is 3.97. The Kier molecular flexibility index (Phi) is 6.40. The van der Waals surface area contributed by atoms with Gasteiger partial charge in [0.1, 0.15) is 0 Å². The van der Waals surface area contributed by atoms with Crippen LogP contribution in [0.3, 0.4) is 0 Å². The van der Waals surface area contributed by atoms with E-state index in [0.717, 1.165) is 19.4 Å². The van der Waals surface area contributed by atoms with Gasteiger partial charge in [-0.25, -0.2) is 0 Å². The highest BCUT2D eigenvalue weighted by atomic mass is 79.9. The first-order chi connectivity index (χ1) is 11.2. The molecule has 0 fully saturated rings. The van der Waals surface area contributed by atoms with Crippen LogP contribution in [0.1, 0.15) is 34.3 Å². The van der Waals surface area contributed by atoms with E-state index in [1.807, 2.05) is 18.2 Å². The normalized spacial score (nSPS) is 16.3. The number of Topliss-reactive ketones (excluding diaryl/α,β-unsaturated/α-hetero) is 1. The van der Waals surface area contributed by atoms with Gasteiger partial charge in [-0.3, -0.25) is 4.79 Å². The zero-order valence-corrected chi connectivity index (χ0v) is 15.1. The second kappa shape index (κ2) is 8.31. The van der Waals surface area contributed by atoms with Crippen molar-refractivity contribution >= 4 is 22.8 Å². The summed E-state index contributed by atoms with van der Waals surface area (Å²) < 4.78 is 0. The van der Waals surface area contributed by atoms with Gasteiger partial charge < -0.3 is 15.5 Å². The van der Waals surface area contributed by atoms with Crippen LogP contribution in [0.25, 0.3) is 0 Å². The average Bonchev–Trinajstić information content (AvgIpc) is 2.58. The smallest absolute Gasteiger partial charge is 0.180 e. The molecule has 0 saturated carbocycles. The van der Waals surface area contributed by atoms with E-state index in [9.17, 15) is 15.0 Å². The van der Waals surface area contributed by atoms with Crippen molar-refractivity contribution in [2.24, 2.45) is 0 Å². The first-order valence-electron chi connectivity index (χ1n) is 8.02. The zero-order valence-electron chi connectivity index (χ0n) is 13.4. The van der Waals surface area contributed by atoms with Crippen LogP contribution in [0.5, 0.6) is 11.5 Å². The maximum atomic E-state index is 12.5. The van der Waals surface area contributed by atoms with Gasteiger partial charge in [-0.05, 0) is 49.9 Å². The first-order valence-corrected chi connectivity index (χ1v) is 8.02. The quantitative estimate of drug-likeness (QED) is 0.539. The summed E-state index contributed by atoms with van der Waals surface area (Å²) in [5.74, 6) is -0.314. The summed E-state index contributed by atoms with van der Waals surface area (Å²) in [6.07, 6.45) is 3.20. The summed E-state index contributed by atoms with van der Waals surface area (Å²) >= 11 is 0. The first kappa shape index (κ1) is 18.5. The maximum absolute atomic E-state index is 12.5. The van der Waals surface area contributed by atoms with E-state index in [0.29, 0.717) is 24.0 Å². The van der Waals surface area contributed by atoms with Crippen molar-refractivity contribution in [3.63, 3.8) is 0 Å². The van der Waals surface area contributed by atoms with Crippen LogP contribution in [0, 0.1) is 0 Å². The third-order valence-corrected chi connectivity index (χ3v) is 4.40. The van der Waals surface area contributed by atoms with Crippen LogP contribution in [-0.4, -0.2) is 28.6 Å².